The van der Waals surface area contributed by atoms with Gasteiger partial charge in [-0.05, 0) is 6.07 Å². The average Bonchev–Trinajstić information content (AvgIpc) is 2.78. The monoisotopic (exact) mass is 329 g/mol. The minimum absolute atomic E-state index is 0.0767. The number of carbonyl (C=O) groups is 1. The molecule has 1 spiro atoms. The lowest BCUT2D eigenvalue weighted by Crippen LogP contribution is -2.38. The Balaban J connectivity index is 2.17. The van der Waals surface area contributed by atoms with Crippen LogP contribution in [0.3, 0.4) is 0 Å². The first-order valence-electron chi connectivity index (χ1n) is 5.31. The van der Waals surface area contributed by atoms with E-state index in [0.29, 0.717) is 10.5 Å². The van der Waals surface area contributed by atoms with Crippen LogP contribution in [0.4, 0.5) is 5.69 Å². The van der Waals surface area contributed by atoms with Crippen molar-refractivity contribution in [1.29, 1.82) is 0 Å². The number of para-hydroxylation sites is 1. The Labute approximate surface area is 108 Å². The quantitative estimate of drug-likeness (QED) is 0.539. The third kappa shape index (κ3) is 1.20. The fourth-order valence-electron chi connectivity index (χ4n) is 2.60. The van der Waals surface area contributed by atoms with Crippen LogP contribution in [0.25, 0.3) is 0 Å². The van der Waals surface area contributed by atoms with E-state index >= 15 is 0 Å². The number of nitrogens with zero attached hydrogens (tertiary/aromatic N) is 1. The van der Waals surface area contributed by atoms with Crippen LogP contribution in [-0.2, 0) is 15.1 Å². The Kier molecular flexibility index (Phi) is 2.26. The van der Waals surface area contributed by atoms with E-state index in [1.165, 1.54) is 0 Å². The first kappa shape index (κ1) is 10.5. The van der Waals surface area contributed by atoms with Crippen molar-refractivity contribution in [2.75, 3.05) is 18.6 Å². The van der Waals surface area contributed by atoms with Gasteiger partial charge in [-0.2, -0.15) is 0 Å². The van der Waals surface area contributed by atoms with Crippen molar-refractivity contribution in [3.63, 3.8) is 0 Å². The summed E-state index contributed by atoms with van der Waals surface area (Å²) in [5.74, 6) is 0.0767. The molecule has 0 N–H and O–H groups in total. The number of anilines is 1. The number of rotatable bonds is 0. The number of benzene rings is 1. The number of amides is 1. The minimum Gasteiger partial charge on any atom is -0.359 e. The molecular weight excluding hydrogens is 317 g/mol. The molecule has 2 heterocycles. The van der Waals surface area contributed by atoms with Crippen LogP contribution in [0.15, 0.2) is 24.3 Å². The van der Waals surface area contributed by atoms with Gasteiger partial charge < -0.3 is 9.64 Å². The van der Waals surface area contributed by atoms with Gasteiger partial charge in [0, 0.05) is 23.0 Å². The molecule has 1 aromatic carbocycles. The van der Waals surface area contributed by atoms with Crippen molar-refractivity contribution in [3.05, 3.63) is 29.8 Å². The molecule has 3 rings (SSSR count). The molecule has 0 aliphatic carbocycles. The fraction of sp³-hybridized carbons (Fsp3) is 0.417. The van der Waals surface area contributed by atoms with Crippen LogP contribution >= 0.6 is 22.6 Å². The van der Waals surface area contributed by atoms with Crippen molar-refractivity contribution in [2.45, 2.75) is 15.9 Å². The number of hydrogen-bond donors (Lipinski definition) is 0. The van der Waals surface area contributed by atoms with E-state index in [4.69, 9.17) is 4.74 Å². The second-order valence-electron chi connectivity index (χ2n) is 4.32. The zero-order valence-corrected chi connectivity index (χ0v) is 11.1. The Morgan fingerprint density at radius 1 is 1.50 bits per heavy atom. The number of fused-ring (bicyclic) bond motifs is 2. The number of halogens is 1. The minimum atomic E-state index is -0.697. The van der Waals surface area contributed by atoms with E-state index < -0.39 is 5.60 Å². The van der Waals surface area contributed by atoms with Crippen LogP contribution in [0.2, 0.25) is 0 Å². The van der Waals surface area contributed by atoms with Gasteiger partial charge in [0.2, 0.25) is 0 Å². The highest BCUT2D eigenvalue weighted by molar-refractivity contribution is 14.1. The average molecular weight is 329 g/mol. The summed E-state index contributed by atoms with van der Waals surface area (Å²) >= 11 is 2.35. The van der Waals surface area contributed by atoms with E-state index in [9.17, 15) is 4.79 Å². The van der Waals surface area contributed by atoms with Gasteiger partial charge in [-0.3, -0.25) is 4.79 Å². The van der Waals surface area contributed by atoms with E-state index in [2.05, 4.69) is 22.6 Å². The second kappa shape index (κ2) is 3.43. The molecule has 0 radical (unpaired) electrons. The molecule has 0 aromatic heterocycles. The number of hydrogen-bond acceptors (Lipinski definition) is 2. The molecule has 3 nitrogen and oxygen atoms in total. The summed E-state index contributed by atoms with van der Waals surface area (Å²) in [5, 5.41) is 0. The molecular formula is C12H12INO2. The first-order chi connectivity index (χ1) is 7.65. The normalized spacial score (nSPS) is 32.5. The molecule has 2 aliphatic heterocycles. The van der Waals surface area contributed by atoms with Gasteiger partial charge in [0.05, 0.1) is 12.3 Å². The maximum atomic E-state index is 12.3. The molecule has 1 amide bonds. The molecule has 84 valence electrons. The lowest BCUT2D eigenvalue weighted by atomic mass is 9.92. The van der Waals surface area contributed by atoms with E-state index in [0.717, 1.165) is 17.7 Å². The van der Waals surface area contributed by atoms with Gasteiger partial charge >= 0.3 is 0 Å². The van der Waals surface area contributed by atoms with Gasteiger partial charge in [-0.1, -0.05) is 40.8 Å². The molecule has 0 saturated carbocycles. The summed E-state index contributed by atoms with van der Waals surface area (Å²) in [7, 11) is 1.82. The van der Waals surface area contributed by atoms with Crippen molar-refractivity contribution in [3.8, 4) is 0 Å². The molecule has 0 unspecified atom stereocenters. The Bertz CT molecular complexity index is 462. The molecule has 1 fully saturated rings. The van der Waals surface area contributed by atoms with Gasteiger partial charge in [-0.15, -0.1) is 0 Å². The van der Waals surface area contributed by atoms with Gasteiger partial charge in [-0.25, -0.2) is 0 Å². The van der Waals surface area contributed by atoms with Crippen LogP contribution in [0, 0.1) is 0 Å². The highest BCUT2D eigenvalue weighted by Crippen LogP contribution is 2.48. The van der Waals surface area contributed by atoms with E-state index in [1.807, 2.05) is 31.3 Å². The summed E-state index contributed by atoms with van der Waals surface area (Å²) in [4.78, 5) is 14.0. The van der Waals surface area contributed by atoms with Crippen LogP contribution in [0.1, 0.15) is 12.0 Å². The molecule has 2 atom stereocenters. The van der Waals surface area contributed by atoms with Gasteiger partial charge in [0.15, 0.2) is 5.60 Å². The predicted octanol–water partition coefficient (Wildman–Crippen LogP) is 2.08. The lowest BCUT2D eigenvalue weighted by molar-refractivity contribution is -0.137. The predicted molar refractivity (Wildman–Crippen MR) is 69.9 cm³/mol. The standard InChI is InChI=1S/C12H12INO2/c1-14-10-5-3-2-4-9(10)12(11(14)15)6-8(13)7-16-12/h2-5,8H,6-7H2,1H3/t8-,12-/m1/s1. The Hall–Kier alpha value is -0.620. The highest BCUT2D eigenvalue weighted by Gasteiger charge is 2.54. The van der Waals surface area contributed by atoms with Crippen molar-refractivity contribution >= 4 is 34.2 Å². The lowest BCUT2D eigenvalue weighted by Gasteiger charge is -2.21. The van der Waals surface area contributed by atoms with Crippen molar-refractivity contribution in [1.82, 2.24) is 0 Å². The zero-order valence-electron chi connectivity index (χ0n) is 8.94. The smallest absolute Gasteiger partial charge is 0.263 e. The molecule has 4 heteroatoms. The van der Waals surface area contributed by atoms with Crippen LogP contribution < -0.4 is 4.90 Å². The molecule has 1 saturated heterocycles. The summed E-state index contributed by atoms with van der Waals surface area (Å²) in [6, 6.07) is 7.91. The number of ether oxygens (including phenoxy) is 1. The fourth-order valence-corrected chi connectivity index (χ4v) is 3.40. The van der Waals surface area contributed by atoms with Crippen molar-refractivity contribution < 1.29 is 9.53 Å². The van der Waals surface area contributed by atoms with Crippen LogP contribution in [0.5, 0.6) is 0 Å². The SMILES string of the molecule is CN1C(=O)[C@@]2(C[C@@H](I)CO2)c2ccccc21. The molecule has 2 aliphatic rings. The van der Waals surface area contributed by atoms with Gasteiger partial charge in [0.25, 0.3) is 5.91 Å². The zero-order chi connectivity index (χ0) is 11.3. The van der Waals surface area contributed by atoms with E-state index in [-0.39, 0.29) is 5.91 Å². The summed E-state index contributed by atoms with van der Waals surface area (Å²) < 4.78 is 6.24. The second-order valence-corrected chi connectivity index (χ2v) is 6.08. The molecule has 0 bridgehead atoms. The topological polar surface area (TPSA) is 29.5 Å². The molecule has 1 aromatic rings. The third-order valence-corrected chi connectivity index (χ3v) is 4.17. The number of alkyl halides is 1. The third-order valence-electron chi connectivity index (χ3n) is 3.37. The summed E-state index contributed by atoms with van der Waals surface area (Å²) in [5.41, 5.74) is 1.32. The van der Waals surface area contributed by atoms with Crippen LogP contribution in [-0.4, -0.2) is 23.5 Å². The van der Waals surface area contributed by atoms with Crippen molar-refractivity contribution in [2.24, 2.45) is 0 Å². The highest BCUT2D eigenvalue weighted by atomic mass is 127. The maximum Gasteiger partial charge on any atom is 0.263 e. The first-order valence-corrected chi connectivity index (χ1v) is 6.55. The largest absolute Gasteiger partial charge is 0.359 e. The molecule has 16 heavy (non-hydrogen) atoms. The summed E-state index contributed by atoms with van der Waals surface area (Å²) in [6.07, 6.45) is 0.785. The Morgan fingerprint density at radius 2 is 2.25 bits per heavy atom. The number of likely N-dealkylation sites (N-methyl/N-ethyl adjacent to an activating group) is 1. The summed E-state index contributed by atoms with van der Waals surface area (Å²) in [6.45, 7) is 0.661. The van der Waals surface area contributed by atoms with E-state index in [1.54, 1.807) is 4.90 Å². The number of carbonyl (C=O) groups excluding carboxylic acids is 1. The maximum absolute atomic E-state index is 12.3. The van der Waals surface area contributed by atoms with Gasteiger partial charge in [0.1, 0.15) is 0 Å². The Morgan fingerprint density at radius 3 is 2.94 bits per heavy atom.